The maximum Gasteiger partial charge on any atom is 0.428 e. The molecule has 3 aliphatic rings. The molecule has 54 heavy (non-hydrogen) atoms. The van der Waals surface area contributed by atoms with Crippen LogP contribution >= 0.6 is 0 Å². The van der Waals surface area contributed by atoms with Gasteiger partial charge in [0, 0.05) is 22.5 Å². The van der Waals surface area contributed by atoms with Crippen molar-refractivity contribution in [3.63, 3.8) is 0 Å². The van der Waals surface area contributed by atoms with Crippen LogP contribution in [0.15, 0.2) is 141 Å². The summed E-state index contributed by atoms with van der Waals surface area (Å²) in [7, 11) is 0. The van der Waals surface area contributed by atoms with E-state index in [0.29, 0.717) is 45.6 Å². The number of aromatic amines is 2. The summed E-state index contributed by atoms with van der Waals surface area (Å²) in [5, 5.41) is 9.10. The van der Waals surface area contributed by atoms with Crippen LogP contribution in [0.25, 0.3) is 11.1 Å². The van der Waals surface area contributed by atoms with E-state index in [0.717, 1.165) is 33.7 Å². The van der Waals surface area contributed by atoms with E-state index in [4.69, 9.17) is 19.5 Å². The van der Waals surface area contributed by atoms with E-state index < -0.39 is 23.4 Å². The molecule has 0 radical (unpaired) electrons. The lowest BCUT2D eigenvalue weighted by Crippen LogP contribution is -2.31. The number of carbonyl (C=O) groups is 2. The van der Waals surface area contributed by atoms with Crippen molar-refractivity contribution in [1.29, 1.82) is 0 Å². The third kappa shape index (κ3) is 7.97. The minimum absolute atomic E-state index is 0.399. The number of carbonyl (C=O) groups excluding carboxylic acids is 2. The van der Waals surface area contributed by atoms with Gasteiger partial charge in [-0.15, -0.1) is 0 Å². The molecule has 2 aromatic carbocycles. The molecule has 0 saturated carbocycles. The molecule has 2 aromatic heterocycles. The number of hydrazone groups is 2. The van der Waals surface area contributed by atoms with Crippen LogP contribution in [-0.4, -0.2) is 56.2 Å². The van der Waals surface area contributed by atoms with Gasteiger partial charge in [-0.05, 0) is 101 Å². The second kappa shape index (κ2) is 14.3. The van der Waals surface area contributed by atoms with E-state index in [-0.39, 0.29) is 0 Å². The SMILES string of the molecule is CC(C)(C)OC(=O)N/N=C1/C2=NC(=C(c3ccccc3)c3ccc([nH]3)/C(=N\NC(=O)OC(C)(C)C)C3=NC(=C(c4ccccc4)c4ccc1[nH]4)C=C3)C=C2. The summed E-state index contributed by atoms with van der Waals surface area (Å²) in [5.74, 6) is 0. The molecule has 12 heteroatoms. The summed E-state index contributed by atoms with van der Waals surface area (Å²) in [5.41, 5.74) is 13.0. The standard InChI is InChI=1S/C42H40N8O4/c1-41(2,3)53-39(51)49-47-37-31-21-17-27(43-31)35(25-13-9-7-10-14-25)29-19-23-33(45-29)38(48-50-40(52)54-42(4,5)6)34-24-20-30(46-34)36(26-15-11-8-12-16-26)28-18-22-32(37)44-28/h7-24,43,46H,1-6H3,(H,49,51)(H,50,52)/b35-29?,36-28?,47-37+,48-38-. The number of allylic oxidation sites excluding steroid dienone is 4. The number of amides is 2. The van der Waals surface area contributed by atoms with Gasteiger partial charge in [-0.1, -0.05) is 60.7 Å². The van der Waals surface area contributed by atoms with Crippen LogP contribution in [0.2, 0.25) is 0 Å². The lowest BCUT2D eigenvalue weighted by atomic mass is 10.0. The number of ether oxygens (including phenoxy) is 2. The van der Waals surface area contributed by atoms with Gasteiger partial charge in [0.2, 0.25) is 0 Å². The number of hydrogen-bond acceptors (Lipinski definition) is 8. The van der Waals surface area contributed by atoms with Gasteiger partial charge in [0.25, 0.3) is 0 Å². The Hall–Kier alpha value is -6.82. The van der Waals surface area contributed by atoms with E-state index in [1.54, 1.807) is 41.5 Å². The van der Waals surface area contributed by atoms with Gasteiger partial charge in [-0.25, -0.2) is 30.4 Å². The Morgan fingerprint density at radius 3 is 1.28 bits per heavy atom. The Morgan fingerprint density at radius 2 is 0.907 bits per heavy atom. The summed E-state index contributed by atoms with van der Waals surface area (Å²) in [6, 6.07) is 27.4. The van der Waals surface area contributed by atoms with Crippen molar-refractivity contribution < 1.29 is 19.1 Å². The summed E-state index contributed by atoms with van der Waals surface area (Å²) in [6.07, 6.45) is 6.16. The number of fused-ring (bicyclic) bond motifs is 6. The molecule has 2 amide bonds. The molecule has 0 unspecified atom stereocenters. The lowest BCUT2D eigenvalue weighted by Gasteiger charge is -2.18. The Kier molecular flexibility index (Phi) is 9.42. The van der Waals surface area contributed by atoms with Crippen LogP contribution < -0.4 is 10.9 Å². The fourth-order valence-electron chi connectivity index (χ4n) is 6.03. The molecule has 0 atom stereocenters. The Labute approximate surface area is 312 Å². The normalized spacial score (nSPS) is 16.9. The third-order valence-corrected chi connectivity index (χ3v) is 8.14. The summed E-state index contributed by atoms with van der Waals surface area (Å²) >= 11 is 0. The number of rotatable bonds is 4. The van der Waals surface area contributed by atoms with E-state index in [9.17, 15) is 9.59 Å². The van der Waals surface area contributed by atoms with Gasteiger partial charge in [-0.3, -0.25) is 0 Å². The van der Waals surface area contributed by atoms with Crippen molar-refractivity contribution in [3.8, 4) is 0 Å². The highest BCUT2D eigenvalue weighted by Gasteiger charge is 2.26. The first-order valence-electron chi connectivity index (χ1n) is 17.5. The zero-order valence-electron chi connectivity index (χ0n) is 30.8. The molecule has 0 spiro atoms. The van der Waals surface area contributed by atoms with Crippen molar-refractivity contribution in [3.05, 3.63) is 155 Å². The third-order valence-electron chi connectivity index (χ3n) is 8.14. The predicted molar refractivity (Wildman–Crippen MR) is 211 cm³/mol. The predicted octanol–water partition coefficient (Wildman–Crippen LogP) is 8.05. The van der Waals surface area contributed by atoms with Gasteiger partial charge in [0.1, 0.15) is 22.6 Å². The number of aromatic nitrogens is 2. The molecule has 272 valence electrons. The molecule has 8 bridgehead atoms. The number of benzene rings is 2. The fourth-order valence-corrected chi connectivity index (χ4v) is 6.03. The number of nitrogens with one attached hydrogen (secondary N) is 4. The van der Waals surface area contributed by atoms with Gasteiger partial charge < -0.3 is 19.4 Å². The van der Waals surface area contributed by atoms with Crippen molar-refractivity contribution in [2.45, 2.75) is 52.7 Å². The molecule has 4 N–H and O–H groups in total. The topological polar surface area (TPSA) is 158 Å². The zero-order chi connectivity index (χ0) is 38.0. The van der Waals surface area contributed by atoms with Crippen molar-refractivity contribution in [1.82, 2.24) is 20.8 Å². The second-order valence-electron chi connectivity index (χ2n) is 14.6. The molecular weight excluding hydrogens is 681 g/mol. The van der Waals surface area contributed by atoms with E-state index in [1.165, 1.54) is 0 Å². The average Bonchev–Trinajstić information content (AvgIpc) is 3.95. The van der Waals surface area contributed by atoms with Crippen molar-refractivity contribution in [2.75, 3.05) is 0 Å². The smallest absolute Gasteiger partial charge is 0.428 e. The molecule has 3 aliphatic heterocycles. The van der Waals surface area contributed by atoms with Gasteiger partial charge in [0.05, 0.1) is 34.2 Å². The van der Waals surface area contributed by atoms with Crippen LogP contribution in [-0.2, 0) is 9.47 Å². The van der Waals surface area contributed by atoms with E-state index in [2.05, 4.69) is 31.0 Å². The zero-order valence-corrected chi connectivity index (χ0v) is 30.8. The van der Waals surface area contributed by atoms with Crippen LogP contribution in [0.3, 0.4) is 0 Å². The molecule has 4 aromatic rings. The first-order chi connectivity index (χ1) is 25.8. The summed E-state index contributed by atoms with van der Waals surface area (Å²) < 4.78 is 11.0. The molecular formula is C42H40N8O4. The average molecular weight is 721 g/mol. The Morgan fingerprint density at radius 1 is 0.537 bits per heavy atom. The highest BCUT2D eigenvalue weighted by atomic mass is 16.6. The molecule has 0 saturated heterocycles. The Balaban J connectivity index is 1.45. The van der Waals surface area contributed by atoms with Gasteiger partial charge in [0.15, 0.2) is 0 Å². The van der Waals surface area contributed by atoms with Crippen LogP contribution in [0.5, 0.6) is 0 Å². The van der Waals surface area contributed by atoms with Crippen molar-refractivity contribution in [2.24, 2.45) is 20.2 Å². The second-order valence-corrected chi connectivity index (χ2v) is 14.6. The maximum absolute atomic E-state index is 12.8. The minimum atomic E-state index is -0.716. The van der Waals surface area contributed by atoms with Crippen LogP contribution in [0.4, 0.5) is 9.59 Å². The quantitative estimate of drug-likeness (QED) is 0.157. The first-order valence-corrected chi connectivity index (χ1v) is 17.5. The van der Waals surface area contributed by atoms with Gasteiger partial charge in [-0.2, -0.15) is 10.2 Å². The largest absolute Gasteiger partial charge is 0.443 e. The summed E-state index contributed by atoms with van der Waals surface area (Å²) in [4.78, 5) is 42.8. The fraction of sp³-hybridized carbons (Fsp3) is 0.190. The molecule has 0 fully saturated rings. The highest BCUT2D eigenvalue weighted by molar-refractivity contribution is 6.53. The molecule has 7 rings (SSSR count). The van der Waals surface area contributed by atoms with Gasteiger partial charge >= 0.3 is 12.2 Å². The number of H-pyrrole nitrogens is 2. The molecule has 5 heterocycles. The number of nitrogens with zero attached hydrogens (tertiary/aromatic N) is 4. The first kappa shape index (κ1) is 35.6. The number of hydrogen-bond donors (Lipinski definition) is 4. The highest BCUT2D eigenvalue weighted by Crippen LogP contribution is 2.33. The minimum Gasteiger partial charge on any atom is -0.443 e. The van der Waals surface area contributed by atoms with E-state index in [1.807, 2.05) is 109 Å². The molecule has 12 nitrogen and oxygen atoms in total. The summed E-state index contributed by atoms with van der Waals surface area (Å²) in [6.45, 7) is 10.7. The molecule has 0 aliphatic carbocycles. The Bertz CT molecular complexity index is 2200. The van der Waals surface area contributed by atoms with E-state index >= 15 is 0 Å². The van der Waals surface area contributed by atoms with Crippen molar-refractivity contribution >= 4 is 46.2 Å². The maximum atomic E-state index is 12.8. The lowest BCUT2D eigenvalue weighted by molar-refractivity contribution is 0.0518. The van der Waals surface area contributed by atoms with Crippen LogP contribution in [0, 0.1) is 0 Å². The monoisotopic (exact) mass is 720 g/mol. The van der Waals surface area contributed by atoms with Crippen LogP contribution in [0.1, 0.15) is 75.4 Å². The number of aliphatic imine (C=N–C) groups is 2.